The van der Waals surface area contributed by atoms with Crippen LogP contribution in [0.4, 0.5) is 26.3 Å². The Morgan fingerprint density at radius 1 is 0.657 bits per heavy atom. The lowest BCUT2D eigenvalue weighted by Gasteiger charge is -2.43. The fourth-order valence-corrected chi connectivity index (χ4v) is 14.7. The Morgan fingerprint density at radius 2 is 1.30 bits per heavy atom. The second kappa shape index (κ2) is 36.3. The van der Waals surface area contributed by atoms with Gasteiger partial charge in [0.25, 0.3) is 5.91 Å². The largest absolute Gasteiger partial charge is 0.417 e. The van der Waals surface area contributed by atoms with E-state index in [1.54, 1.807) is 27.7 Å². The van der Waals surface area contributed by atoms with Crippen LogP contribution in [0, 0.1) is 11.8 Å². The van der Waals surface area contributed by atoms with Crippen molar-refractivity contribution in [1.29, 1.82) is 0 Å². The first-order valence-corrected chi connectivity index (χ1v) is 36.5. The lowest BCUT2D eigenvalue weighted by atomic mass is 9.90. The van der Waals surface area contributed by atoms with Crippen molar-refractivity contribution in [1.82, 2.24) is 60.5 Å². The summed E-state index contributed by atoms with van der Waals surface area (Å²) in [6.07, 6.45) is -7.29. The molecule has 1 aliphatic carbocycles. The number of ether oxygens (including phenoxy) is 1. The summed E-state index contributed by atoms with van der Waals surface area (Å²) in [6, 6.07) is -4.51. The van der Waals surface area contributed by atoms with Gasteiger partial charge in [0, 0.05) is 67.8 Å². The molecule has 7 rings (SSSR count). The van der Waals surface area contributed by atoms with Gasteiger partial charge in [-0.2, -0.15) is 26.3 Å². The van der Waals surface area contributed by atoms with Crippen LogP contribution in [-0.4, -0.2) is 245 Å². The summed E-state index contributed by atoms with van der Waals surface area (Å²) >= 11 is 6.13. The van der Waals surface area contributed by atoms with Gasteiger partial charge in [-0.3, -0.25) is 57.5 Å². The molecule has 12 amide bonds. The zero-order valence-corrected chi connectivity index (χ0v) is 62.3. The van der Waals surface area contributed by atoms with E-state index in [1.165, 1.54) is 54.8 Å². The summed E-state index contributed by atoms with van der Waals surface area (Å²) in [5, 5.41) is 10.3. The number of aryl methyl sites for hydroxylation is 1. The molecule has 25 nitrogen and oxygen atoms in total. The first-order chi connectivity index (χ1) is 49.4. The highest BCUT2D eigenvalue weighted by atomic mass is 35.5. The van der Waals surface area contributed by atoms with Crippen molar-refractivity contribution in [2.45, 2.75) is 210 Å². The number of alkyl halides is 6. The molecule has 4 N–H and O–H groups in total. The van der Waals surface area contributed by atoms with E-state index in [1.807, 2.05) is 6.92 Å². The van der Waals surface area contributed by atoms with Crippen LogP contribution in [0.3, 0.4) is 0 Å². The highest BCUT2D eigenvalue weighted by Crippen LogP contribution is 2.38. The maximum absolute atomic E-state index is 15.5. The molecule has 2 aromatic carbocycles. The fourth-order valence-electron chi connectivity index (χ4n) is 14.4. The number of fused-ring (bicyclic) bond motifs is 2. The van der Waals surface area contributed by atoms with Crippen molar-refractivity contribution in [2.24, 2.45) is 11.8 Å². The van der Waals surface area contributed by atoms with Crippen LogP contribution < -0.4 is 21.3 Å². The molecule has 0 radical (unpaired) electrons. The minimum absolute atomic E-state index is 0.0179. The van der Waals surface area contributed by atoms with Crippen LogP contribution in [0.2, 0.25) is 5.02 Å². The summed E-state index contributed by atoms with van der Waals surface area (Å²) in [4.78, 5) is 188. The van der Waals surface area contributed by atoms with Crippen LogP contribution >= 0.6 is 11.6 Å². The van der Waals surface area contributed by atoms with Crippen molar-refractivity contribution in [3.8, 4) is 0 Å². The lowest BCUT2D eigenvalue weighted by molar-refractivity contribution is -0.157. The summed E-state index contributed by atoms with van der Waals surface area (Å²) in [5.74, 6) is -10.9. The number of hydrogen-bond donors (Lipinski definition) is 4. The molecule has 1 spiro atoms. The minimum atomic E-state index is -4.82. The van der Waals surface area contributed by atoms with Crippen LogP contribution in [0.1, 0.15) is 153 Å². The molecule has 32 heteroatoms. The Morgan fingerprint density at radius 3 is 1.88 bits per heavy atom. The summed E-state index contributed by atoms with van der Waals surface area (Å²) < 4.78 is 88.7. The molecule has 4 aliphatic heterocycles. The standard InChI is InChI=1S/C73H101ClF6N12O13/c1-12-15-16-20-52-61(95)83-59(43(4)13-2)63(97)81-45(6)64(98)92-34-30-54(92)67(101)87(9)55(40-47-22-26-48(27-23-47)72(75,76)77)66(100)85(7)42-57(93)82-51(29-25-46-24-28-49(50(74)39-46)73(78,79)80)65(99)91-33-19-21-53(91)62(96)84-71(31-17-18-32-71)70(104)89(11)60(44(5)14-3)69(103)88(10)56(41-58(94)86(52)8)68(102)90-35-37-105-38-36-90/h22-24,26-28,39,43-44,51-56,59-60H,6,12-21,25,29-38,40-42H2,1-5,7-11H3,(H,81,97)(H,82,93)(H,83,95)(H,84,96)/t43-,44-,51-,52-,53-,54-,55-,56-,59?,60-/m0/s1. The maximum atomic E-state index is 15.5. The van der Waals surface area contributed by atoms with Gasteiger partial charge in [0.1, 0.15) is 53.9 Å². The van der Waals surface area contributed by atoms with E-state index >= 15 is 24.0 Å². The third-order valence-electron chi connectivity index (χ3n) is 21.4. The molecule has 0 aromatic heterocycles. The SMILES string of the molecule is C=C1NC(=O)C([C@@H](C)CC)NC(=O)[C@H](CCCCC)N(C)C(=O)C[C@@H](C(=O)N2CCOCC2)N(C)C(=O)[C@H]([C@@H](C)CC)N(C)C(=O)C2(CCCC2)NC(=O)[C@@H]2CCCN2C(=O)[C@H](CCc2ccc(C(F)(F)F)c(Cl)c2)NC(=O)CN(C)C(=O)[C@H](Cc2ccc(C(F)(F)F)cc2)N(C)C(=O)[C@@H]2CCN2C1=O. The molecule has 5 aliphatic rings. The van der Waals surface area contributed by atoms with Gasteiger partial charge in [0.15, 0.2) is 0 Å². The number of hydrogen-bond acceptors (Lipinski definition) is 13. The fraction of sp³-hybridized carbons (Fsp3) is 0.644. The van der Waals surface area contributed by atoms with E-state index in [0.717, 1.165) is 62.1 Å². The second-order valence-electron chi connectivity index (χ2n) is 28.5. The molecule has 0 bridgehead atoms. The molecule has 580 valence electrons. The number of rotatable bonds is 14. The van der Waals surface area contributed by atoms with Gasteiger partial charge in [-0.25, -0.2) is 0 Å². The average molecular weight is 1500 g/mol. The Labute approximate surface area is 614 Å². The number of likely N-dealkylation sites (N-methyl/N-ethyl adjacent to an activating group) is 5. The first kappa shape index (κ1) is 83.9. The van der Waals surface area contributed by atoms with E-state index in [9.17, 15) is 59.9 Å². The topological polar surface area (TPSA) is 288 Å². The first-order valence-electron chi connectivity index (χ1n) is 36.1. The highest BCUT2D eigenvalue weighted by molar-refractivity contribution is 6.31. The highest BCUT2D eigenvalue weighted by Gasteiger charge is 2.51. The zero-order chi connectivity index (χ0) is 77.7. The van der Waals surface area contributed by atoms with E-state index in [2.05, 4.69) is 27.8 Å². The van der Waals surface area contributed by atoms with Crippen molar-refractivity contribution in [3.05, 3.63) is 82.0 Å². The Bertz CT molecular complexity index is 3540. The van der Waals surface area contributed by atoms with E-state index in [-0.39, 0.29) is 102 Å². The number of halogens is 7. The summed E-state index contributed by atoms with van der Waals surface area (Å²) in [5.41, 5.74) is -3.98. The molecule has 10 atom stereocenters. The molecule has 4 saturated heterocycles. The van der Waals surface area contributed by atoms with Gasteiger partial charge < -0.3 is 65.2 Å². The van der Waals surface area contributed by atoms with E-state index < -0.39 is 190 Å². The van der Waals surface area contributed by atoms with Crippen molar-refractivity contribution in [3.63, 3.8) is 0 Å². The quantitative estimate of drug-likeness (QED) is 0.0979. The summed E-state index contributed by atoms with van der Waals surface area (Å²) in [7, 11) is 6.55. The number of nitrogens with one attached hydrogen (secondary N) is 4. The number of amides is 12. The second-order valence-corrected chi connectivity index (χ2v) is 28.9. The Hall–Kier alpha value is -8.35. The number of unbranched alkanes of at least 4 members (excludes halogenated alkanes) is 2. The lowest BCUT2D eigenvalue weighted by Crippen LogP contribution is -2.65. The molecule has 1 saturated carbocycles. The monoisotopic (exact) mass is 1500 g/mol. The molecule has 4 heterocycles. The molecule has 5 fully saturated rings. The zero-order valence-electron chi connectivity index (χ0n) is 61.5. The molecule has 1 unspecified atom stereocenters. The molecule has 2 aromatic rings. The van der Waals surface area contributed by atoms with Crippen LogP contribution in [0.25, 0.3) is 0 Å². The van der Waals surface area contributed by atoms with Crippen LogP contribution in [0.5, 0.6) is 0 Å². The normalized spacial score (nSPS) is 25.5. The number of nitrogens with zero attached hydrogens (tertiary/aromatic N) is 8. The van der Waals surface area contributed by atoms with Crippen molar-refractivity contribution >= 4 is 82.5 Å². The number of carbonyl (C=O) groups excluding carboxylic acids is 12. The molecule has 105 heavy (non-hydrogen) atoms. The third-order valence-corrected chi connectivity index (χ3v) is 21.7. The van der Waals surface area contributed by atoms with Crippen molar-refractivity contribution < 1.29 is 88.6 Å². The molecular weight excluding hydrogens is 1400 g/mol. The third kappa shape index (κ3) is 20.2. The average Bonchev–Trinajstić information content (AvgIpc) is 1.77. The Balaban J connectivity index is 1.31. The minimum Gasteiger partial charge on any atom is -0.378 e. The number of benzene rings is 2. The number of morpholine rings is 1. The van der Waals surface area contributed by atoms with Gasteiger partial charge in [-0.15, -0.1) is 0 Å². The van der Waals surface area contributed by atoms with Crippen molar-refractivity contribution in [2.75, 3.05) is 81.2 Å². The predicted octanol–water partition coefficient (Wildman–Crippen LogP) is 5.87. The smallest absolute Gasteiger partial charge is 0.378 e. The van der Waals surface area contributed by atoms with Gasteiger partial charge >= 0.3 is 12.4 Å². The van der Waals surface area contributed by atoms with Crippen LogP contribution in [-0.2, 0) is 87.5 Å². The Kier molecular flexibility index (Phi) is 29.0. The van der Waals surface area contributed by atoms with E-state index in [4.69, 9.17) is 16.3 Å². The van der Waals surface area contributed by atoms with Gasteiger partial charge in [-0.05, 0) is 98.6 Å². The predicted molar refractivity (Wildman–Crippen MR) is 374 cm³/mol. The van der Waals surface area contributed by atoms with Gasteiger partial charge in [-0.1, -0.05) is 116 Å². The van der Waals surface area contributed by atoms with E-state index in [0.29, 0.717) is 44.9 Å². The van der Waals surface area contributed by atoms with Crippen LogP contribution in [0.15, 0.2) is 54.7 Å². The maximum Gasteiger partial charge on any atom is 0.417 e. The summed E-state index contributed by atoms with van der Waals surface area (Å²) in [6.45, 7) is 12.3. The molecular formula is C73H101ClF6N12O13. The van der Waals surface area contributed by atoms with Gasteiger partial charge in [0.2, 0.25) is 65.0 Å². The van der Waals surface area contributed by atoms with Gasteiger partial charge in [0.05, 0.1) is 48.0 Å². The number of carbonyl (C=O) groups is 12.